The Kier molecular flexibility index (Phi) is 5.00. The summed E-state index contributed by atoms with van der Waals surface area (Å²) in [7, 11) is 0. The third-order valence-corrected chi connectivity index (χ3v) is 3.48. The quantitative estimate of drug-likeness (QED) is 0.591. The second kappa shape index (κ2) is 6.66. The Morgan fingerprint density at radius 3 is 2.33 bits per heavy atom. The van der Waals surface area contributed by atoms with Crippen molar-refractivity contribution in [3.63, 3.8) is 0 Å². The Hall–Kier alpha value is -2.32. The van der Waals surface area contributed by atoms with E-state index in [0.29, 0.717) is 12.1 Å². The first kappa shape index (κ1) is 18.0. The molecule has 0 fully saturated rings. The number of hydrogen-bond donors (Lipinski definition) is 1. The van der Waals surface area contributed by atoms with Crippen LogP contribution in [0.2, 0.25) is 10.0 Å². The minimum absolute atomic E-state index is 0.00650. The van der Waals surface area contributed by atoms with Crippen LogP contribution in [0.3, 0.4) is 0 Å². The zero-order valence-corrected chi connectivity index (χ0v) is 13.0. The number of hydrogen-bond acceptors (Lipinski definition) is 3. The van der Waals surface area contributed by atoms with Gasteiger partial charge in [-0.25, -0.2) is 0 Å². The van der Waals surface area contributed by atoms with Crippen LogP contribution in [0.5, 0.6) is 0 Å². The van der Waals surface area contributed by atoms with Gasteiger partial charge in [-0.1, -0.05) is 23.2 Å². The molecule has 1 amide bonds. The number of rotatable bonds is 3. The molecule has 10 heteroatoms. The fourth-order valence-electron chi connectivity index (χ4n) is 1.87. The van der Waals surface area contributed by atoms with E-state index in [9.17, 15) is 28.1 Å². The molecule has 0 aliphatic heterocycles. The number of benzene rings is 2. The molecule has 0 spiro atoms. The van der Waals surface area contributed by atoms with Gasteiger partial charge in [0.1, 0.15) is 5.56 Å². The molecule has 2 aromatic carbocycles. The normalized spacial score (nSPS) is 11.2. The summed E-state index contributed by atoms with van der Waals surface area (Å²) < 4.78 is 38.7. The van der Waals surface area contributed by atoms with Crippen molar-refractivity contribution >= 4 is 40.5 Å². The first-order valence-corrected chi connectivity index (χ1v) is 6.97. The molecule has 2 aromatic rings. The van der Waals surface area contributed by atoms with E-state index < -0.39 is 28.3 Å². The number of amides is 1. The molecule has 5 nitrogen and oxygen atoms in total. The maximum Gasteiger partial charge on any atom is 0.423 e. The number of alkyl halides is 3. The molecule has 126 valence electrons. The van der Waals surface area contributed by atoms with Crippen molar-refractivity contribution in [3.8, 4) is 0 Å². The second-order valence-electron chi connectivity index (χ2n) is 4.57. The second-order valence-corrected chi connectivity index (χ2v) is 5.41. The predicted molar refractivity (Wildman–Crippen MR) is 82.5 cm³/mol. The summed E-state index contributed by atoms with van der Waals surface area (Å²) in [4.78, 5) is 21.6. The minimum Gasteiger partial charge on any atom is -0.322 e. The van der Waals surface area contributed by atoms with E-state index in [1.165, 1.54) is 18.2 Å². The van der Waals surface area contributed by atoms with Gasteiger partial charge in [-0.3, -0.25) is 14.9 Å². The van der Waals surface area contributed by atoms with Crippen molar-refractivity contribution in [2.75, 3.05) is 5.32 Å². The summed E-state index contributed by atoms with van der Waals surface area (Å²) in [5, 5.41) is 13.2. The summed E-state index contributed by atoms with van der Waals surface area (Å²) in [6.45, 7) is 0. The maximum atomic E-state index is 12.9. The number of nitrogens with zero attached hydrogens (tertiary/aromatic N) is 1. The topological polar surface area (TPSA) is 72.2 Å². The van der Waals surface area contributed by atoms with Gasteiger partial charge in [0.25, 0.3) is 11.6 Å². The van der Waals surface area contributed by atoms with Crippen LogP contribution in [-0.2, 0) is 6.18 Å². The fraction of sp³-hybridized carbons (Fsp3) is 0.0714. The fourth-order valence-corrected chi connectivity index (χ4v) is 2.37. The van der Waals surface area contributed by atoms with Gasteiger partial charge in [-0.15, -0.1) is 0 Å². The lowest BCUT2D eigenvalue weighted by molar-refractivity contribution is -0.388. The van der Waals surface area contributed by atoms with Crippen LogP contribution in [0, 0.1) is 10.1 Å². The van der Waals surface area contributed by atoms with Crippen molar-refractivity contribution in [2.45, 2.75) is 6.18 Å². The van der Waals surface area contributed by atoms with E-state index >= 15 is 0 Å². The lowest BCUT2D eigenvalue weighted by Gasteiger charge is -2.11. The molecule has 0 aliphatic rings. The number of nitrogens with one attached hydrogen (secondary N) is 1. The Morgan fingerprint density at radius 1 is 1.12 bits per heavy atom. The van der Waals surface area contributed by atoms with Gasteiger partial charge in [0.2, 0.25) is 0 Å². The first-order valence-electron chi connectivity index (χ1n) is 6.21. The van der Waals surface area contributed by atoms with Crippen LogP contribution < -0.4 is 5.32 Å². The molecule has 24 heavy (non-hydrogen) atoms. The highest BCUT2D eigenvalue weighted by Gasteiger charge is 2.38. The number of carbonyl (C=O) groups excluding carboxylic acids is 1. The molecule has 0 aromatic heterocycles. The van der Waals surface area contributed by atoms with Crippen LogP contribution in [0.25, 0.3) is 0 Å². The molecule has 0 atom stereocenters. The summed E-state index contributed by atoms with van der Waals surface area (Å²) in [6, 6.07) is 6.14. The van der Waals surface area contributed by atoms with Crippen molar-refractivity contribution in [1.29, 1.82) is 0 Å². The van der Waals surface area contributed by atoms with Crippen LogP contribution >= 0.6 is 23.2 Å². The zero-order chi connectivity index (χ0) is 18.1. The van der Waals surface area contributed by atoms with Crippen LogP contribution in [-0.4, -0.2) is 10.8 Å². The minimum atomic E-state index is -4.94. The highest BCUT2D eigenvalue weighted by atomic mass is 35.5. The largest absolute Gasteiger partial charge is 0.423 e. The zero-order valence-electron chi connectivity index (χ0n) is 11.5. The summed E-state index contributed by atoms with van der Waals surface area (Å²) in [5.41, 5.74) is -2.84. The van der Waals surface area contributed by atoms with Crippen molar-refractivity contribution in [3.05, 3.63) is 67.7 Å². The Labute approximate surface area is 143 Å². The highest BCUT2D eigenvalue weighted by Crippen LogP contribution is 2.37. The molecule has 2 rings (SSSR count). The number of nitro groups is 1. The Balaban J connectivity index is 2.36. The molecule has 0 saturated carbocycles. The van der Waals surface area contributed by atoms with Gasteiger partial charge in [0.15, 0.2) is 0 Å². The molecular formula is C14H7Cl2F3N2O3. The van der Waals surface area contributed by atoms with Crippen molar-refractivity contribution in [1.82, 2.24) is 0 Å². The van der Waals surface area contributed by atoms with Gasteiger partial charge < -0.3 is 5.32 Å². The average molecular weight is 379 g/mol. The predicted octanol–water partition coefficient (Wildman–Crippen LogP) is 5.17. The van der Waals surface area contributed by atoms with E-state index in [2.05, 4.69) is 5.32 Å². The van der Waals surface area contributed by atoms with Crippen LogP contribution in [0.4, 0.5) is 24.5 Å². The molecule has 1 N–H and O–H groups in total. The number of nitro benzene ring substituents is 1. The smallest absolute Gasteiger partial charge is 0.322 e. The molecule has 0 bridgehead atoms. The lowest BCUT2D eigenvalue weighted by Crippen LogP contribution is -2.14. The van der Waals surface area contributed by atoms with E-state index in [-0.39, 0.29) is 21.3 Å². The summed E-state index contributed by atoms with van der Waals surface area (Å²) in [6.07, 6.45) is -4.94. The standard InChI is InChI=1S/C14H7Cl2F3N2O3/c15-7-1-3-9(11(16)5-7)13(22)20-8-2-4-12(21(23)24)10(6-8)14(17,18)19/h1-6H,(H,20,22). The SMILES string of the molecule is O=C(Nc1ccc([N+](=O)[O-])c(C(F)(F)F)c1)c1ccc(Cl)cc1Cl. The molecule has 0 unspecified atom stereocenters. The number of halogens is 5. The lowest BCUT2D eigenvalue weighted by atomic mass is 10.1. The summed E-state index contributed by atoms with van der Waals surface area (Å²) in [5.74, 6) is -0.779. The first-order chi connectivity index (χ1) is 11.1. The third kappa shape index (κ3) is 3.95. The number of carbonyl (C=O) groups is 1. The molecule has 0 radical (unpaired) electrons. The van der Waals surface area contributed by atoms with Gasteiger partial charge >= 0.3 is 6.18 Å². The molecule has 0 saturated heterocycles. The summed E-state index contributed by atoms with van der Waals surface area (Å²) >= 11 is 11.5. The van der Waals surface area contributed by atoms with Gasteiger partial charge in [0.05, 0.1) is 15.5 Å². The maximum absolute atomic E-state index is 12.9. The van der Waals surface area contributed by atoms with E-state index in [1.54, 1.807) is 0 Å². The van der Waals surface area contributed by atoms with Gasteiger partial charge in [-0.05, 0) is 30.3 Å². The van der Waals surface area contributed by atoms with Crippen molar-refractivity contribution < 1.29 is 22.9 Å². The average Bonchev–Trinajstić information content (AvgIpc) is 2.45. The third-order valence-electron chi connectivity index (χ3n) is 2.93. The Morgan fingerprint density at radius 2 is 1.79 bits per heavy atom. The molecular weight excluding hydrogens is 372 g/mol. The van der Waals surface area contributed by atoms with E-state index in [4.69, 9.17) is 23.2 Å². The van der Waals surface area contributed by atoms with Crippen molar-refractivity contribution in [2.24, 2.45) is 0 Å². The van der Waals surface area contributed by atoms with Gasteiger partial charge in [0, 0.05) is 16.8 Å². The highest BCUT2D eigenvalue weighted by molar-refractivity contribution is 6.37. The van der Waals surface area contributed by atoms with Gasteiger partial charge in [-0.2, -0.15) is 13.2 Å². The van der Waals surface area contributed by atoms with E-state index in [0.717, 1.165) is 6.07 Å². The molecule has 0 aliphatic carbocycles. The van der Waals surface area contributed by atoms with Crippen LogP contribution in [0.1, 0.15) is 15.9 Å². The van der Waals surface area contributed by atoms with Crippen LogP contribution in [0.15, 0.2) is 36.4 Å². The number of anilines is 1. The molecule has 0 heterocycles. The monoisotopic (exact) mass is 378 g/mol. The van der Waals surface area contributed by atoms with E-state index in [1.807, 2.05) is 0 Å². The Bertz CT molecular complexity index is 825.